The Morgan fingerprint density at radius 1 is 1.41 bits per heavy atom. The Labute approximate surface area is 168 Å². The van der Waals surface area contributed by atoms with Crippen molar-refractivity contribution >= 4 is 28.1 Å². The van der Waals surface area contributed by atoms with Gasteiger partial charge in [0.25, 0.3) is 0 Å². The number of guanidine groups is 1. The van der Waals surface area contributed by atoms with E-state index in [1.807, 2.05) is 56.1 Å². The van der Waals surface area contributed by atoms with Gasteiger partial charge in [0, 0.05) is 36.7 Å². The van der Waals surface area contributed by atoms with Crippen LogP contribution in [0.5, 0.6) is 0 Å². The second-order valence-electron chi connectivity index (χ2n) is 6.01. The van der Waals surface area contributed by atoms with Crippen molar-refractivity contribution in [2.75, 3.05) is 33.0 Å². The molecule has 2 aromatic rings. The van der Waals surface area contributed by atoms with E-state index in [-0.39, 0.29) is 6.10 Å². The zero-order valence-electron chi connectivity index (χ0n) is 16.3. The van der Waals surface area contributed by atoms with Crippen LogP contribution in [0.3, 0.4) is 0 Å². The summed E-state index contributed by atoms with van der Waals surface area (Å²) in [7, 11) is 2.63. The summed E-state index contributed by atoms with van der Waals surface area (Å²) < 4.78 is 17.6. The van der Waals surface area contributed by atoms with Crippen molar-refractivity contribution in [2.24, 2.45) is 4.99 Å². The van der Waals surface area contributed by atoms with Crippen molar-refractivity contribution in [1.29, 1.82) is 0 Å². The lowest BCUT2D eigenvalue weighted by atomic mass is 10.4. The molecular weight excluding hydrogens is 380 g/mol. The number of thiazole rings is 1. The molecule has 0 aliphatic heterocycles. The molecule has 1 aromatic carbocycles. The number of hydrogen-bond donors (Lipinski definition) is 1. The minimum atomic E-state index is -1.04. The highest BCUT2D eigenvalue weighted by Crippen LogP contribution is 2.20. The Balaban J connectivity index is 1.95. The van der Waals surface area contributed by atoms with E-state index in [1.54, 1.807) is 18.4 Å². The largest absolute Gasteiger partial charge is 0.375 e. The lowest BCUT2D eigenvalue weighted by Crippen LogP contribution is -2.38. The summed E-state index contributed by atoms with van der Waals surface area (Å²) in [5, 5.41) is 6.31. The van der Waals surface area contributed by atoms with E-state index in [0.29, 0.717) is 18.8 Å². The lowest BCUT2D eigenvalue weighted by molar-refractivity contribution is 0.119. The van der Waals surface area contributed by atoms with Crippen LogP contribution in [0, 0.1) is 0 Å². The molecule has 0 aliphatic carbocycles. The fourth-order valence-electron chi connectivity index (χ4n) is 2.39. The monoisotopic (exact) mass is 408 g/mol. The smallest absolute Gasteiger partial charge is 0.194 e. The normalized spacial score (nSPS) is 14.0. The summed E-state index contributed by atoms with van der Waals surface area (Å²) in [6.07, 6.45) is 0.00364. The van der Waals surface area contributed by atoms with Crippen molar-refractivity contribution in [1.82, 2.24) is 15.2 Å². The van der Waals surface area contributed by atoms with Gasteiger partial charge in [-0.15, -0.1) is 11.3 Å². The summed E-state index contributed by atoms with van der Waals surface area (Å²) >= 11 is 1.61. The lowest BCUT2D eigenvalue weighted by Gasteiger charge is -2.21. The number of nitrogens with zero attached hydrogens (tertiary/aromatic N) is 3. The number of methoxy groups -OCH3 is 1. The number of hydrogen-bond acceptors (Lipinski definition) is 5. The second kappa shape index (κ2) is 11.2. The predicted molar refractivity (Wildman–Crippen MR) is 113 cm³/mol. The summed E-state index contributed by atoms with van der Waals surface area (Å²) in [5.74, 6) is 1.29. The number of benzene rings is 1. The molecule has 0 saturated carbocycles. The SMILES string of the molecule is CCNC(=NCCS(=O)c1ccccc1)N(C)Cc1csc(C(C)OC)n1. The molecule has 1 heterocycles. The minimum absolute atomic E-state index is 0.00364. The van der Waals surface area contributed by atoms with Crippen LogP contribution in [0.25, 0.3) is 0 Å². The summed E-state index contributed by atoms with van der Waals surface area (Å²) in [6.45, 7) is 5.95. The van der Waals surface area contributed by atoms with Crippen molar-refractivity contribution < 1.29 is 8.95 Å². The van der Waals surface area contributed by atoms with Crippen LogP contribution in [0.1, 0.15) is 30.7 Å². The molecule has 2 atom stereocenters. The van der Waals surface area contributed by atoms with Gasteiger partial charge in [0.15, 0.2) is 5.96 Å². The van der Waals surface area contributed by atoms with Gasteiger partial charge < -0.3 is 15.0 Å². The molecule has 0 spiro atoms. The third-order valence-corrected chi connectivity index (χ3v) is 6.32. The Hall–Kier alpha value is -1.77. The van der Waals surface area contributed by atoms with Gasteiger partial charge in [0.1, 0.15) is 11.1 Å². The molecule has 2 rings (SSSR count). The highest BCUT2D eigenvalue weighted by molar-refractivity contribution is 7.85. The highest BCUT2D eigenvalue weighted by atomic mass is 32.2. The molecule has 0 radical (unpaired) electrons. The molecule has 0 fully saturated rings. The predicted octanol–water partition coefficient (Wildman–Crippen LogP) is 3.06. The average Bonchev–Trinajstić information content (AvgIpc) is 3.15. The van der Waals surface area contributed by atoms with Gasteiger partial charge in [-0.05, 0) is 26.0 Å². The molecule has 6 nitrogen and oxygen atoms in total. The maximum atomic E-state index is 12.3. The van der Waals surface area contributed by atoms with E-state index in [9.17, 15) is 4.21 Å². The van der Waals surface area contributed by atoms with Gasteiger partial charge in [0.05, 0.1) is 29.6 Å². The molecule has 0 aliphatic rings. The first-order valence-corrected chi connectivity index (χ1v) is 11.1. The number of aromatic nitrogens is 1. The van der Waals surface area contributed by atoms with Gasteiger partial charge in [0.2, 0.25) is 0 Å². The molecule has 27 heavy (non-hydrogen) atoms. The number of nitrogens with one attached hydrogen (secondary N) is 1. The average molecular weight is 409 g/mol. The summed E-state index contributed by atoms with van der Waals surface area (Å²) in [6, 6.07) is 9.51. The third kappa shape index (κ3) is 6.71. The van der Waals surface area contributed by atoms with Crippen LogP contribution < -0.4 is 5.32 Å². The van der Waals surface area contributed by atoms with E-state index in [1.165, 1.54) is 0 Å². The molecular formula is C19H28N4O2S2. The highest BCUT2D eigenvalue weighted by Gasteiger charge is 2.13. The Morgan fingerprint density at radius 2 is 2.15 bits per heavy atom. The van der Waals surface area contributed by atoms with Crippen LogP contribution in [0.4, 0.5) is 0 Å². The first kappa shape index (κ1) is 21.5. The molecule has 0 amide bonds. The van der Waals surface area contributed by atoms with Crippen molar-refractivity contribution in [3.05, 3.63) is 46.4 Å². The maximum Gasteiger partial charge on any atom is 0.194 e. The van der Waals surface area contributed by atoms with Gasteiger partial charge in [-0.25, -0.2) is 4.98 Å². The van der Waals surface area contributed by atoms with Crippen LogP contribution in [-0.4, -0.2) is 53.1 Å². The topological polar surface area (TPSA) is 66.8 Å². The second-order valence-corrected chi connectivity index (χ2v) is 8.47. The Morgan fingerprint density at radius 3 is 2.81 bits per heavy atom. The molecule has 0 saturated heterocycles. The van der Waals surface area contributed by atoms with Crippen LogP contribution in [0.15, 0.2) is 45.6 Å². The third-order valence-electron chi connectivity index (χ3n) is 3.91. The maximum absolute atomic E-state index is 12.3. The molecule has 1 N–H and O–H groups in total. The van der Waals surface area contributed by atoms with Gasteiger partial charge in [-0.2, -0.15) is 0 Å². The minimum Gasteiger partial charge on any atom is -0.375 e. The summed E-state index contributed by atoms with van der Waals surface area (Å²) in [4.78, 5) is 12.1. The van der Waals surface area contributed by atoms with Crippen LogP contribution >= 0.6 is 11.3 Å². The first-order valence-electron chi connectivity index (χ1n) is 8.95. The summed E-state index contributed by atoms with van der Waals surface area (Å²) in [5.41, 5.74) is 0.986. The van der Waals surface area contributed by atoms with E-state index in [4.69, 9.17) is 4.74 Å². The fraction of sp³-hybridized carbons (Fsp3) is 0.474. The molecule has 1 aromatic heterocycles. The van der Waals surface area contributed by atoms with Crippen LogP contribution in [-0.2, 0) is 22.1 Å². The van der Waals surface area contributed by atoms with Crippen molar-refractivity contribution in [3.63, 3.8) is 0 Å². The van der Waals surface area contributed by atoms with Crippen LogP contribution in [0.2, 0.25) is 0 Å². The molecule has 0 bridgehead atoms. The van der Waals surface area contributed by atoms with E-state index >= 15 is 0 Å². The van der Waals surface area contributed by atoms with Gasteiger partial charge in [-0.1, -0.05) is 18.2 Å². The first-order chi connectivity index (χ1) is 13.0. The fourth-order valence-corrected chi connectivity index (χ4v) is 4.19. The molecule has 2 unspecified atom stereocenters. The van der Waals surface area contributed by atoms with Crippen molar-refractivity contribution in [3.8, 4) is 0 Å². The quantitative estimate of drug-likeness (QED) is 0.510. The Bertz CT molecular complexity index is 749. The van der Waals surface area contributed by atoms with Gasteiger partial charge >= 0.3 is 0 Å². The van der Waals surface area contributed by atoms with E-state index < -0.39 is 10.8 Å². The molecule has 8 heteroatoms. The molecule has 148 valence electrons. The number of ether oxygens (including phenoxy) is 1. The number of rotatable bonds is 9. The zero-order chi connectivity index (χ0) is 19.6. The zero-order valence-corrected chi connectivity index (χ0v) is 18.0. The Kier molecular flexibility index (Phi) is 8.90. The number of aliphatic imine (C=N–C) groups is 1. The van der Waals surface area contributed by atoms with Crippen molar-refractivity contribution in [2.45, 2.75) is 31.4 Å². The van der Waals surface area contributed by atoms with E-state index in [0.717, 1.165) is 28.1 Å². The van der Waals surface area contributed by atoms with E-state index in [2.05, 4.69) is 20.7 Å². The standard InChI is InChI=1S/C19H28N4O2S2/c1-5-20-19(21-11-12-27(24)17-9-7-6-8-10-17)23(3)13-16-14-26-18(22-16)15(2)25-4/h6-10,14-15H,5,11-13H2,1-4H3,(H,20,21). The van der Waals surface area contributed by atoms with Gasteiger partial charge in [-0.3, -0.25) is 9.20 Å².